The first kappa shape index (κ1) is 38.4. The maximum Gasteiger partial charge on any atom is 0.164 e. The van der Waals surface area contributed by atoms with E-state index in [9.17, 15) is 0 Å². The molecule has 0 saturated heterocycles. The van der Waals surface area contributed by atoms with Crippen molar-refractivity contribution in [2.24, 2.45) is 0 Å². The van der Waals surface area contributed by atoms with Crippen LogP contribution in [-0.4, -0.2) is 15.0 Å². The molecule has 65 heavy (non-hydrogen) atoms. The van der Waals surface area contributed by atoms with Crippen LogP contribution in [0.3, 0.4) is 0 Å². The highest BCUT2D eigenvalue weighted by molar-refractivity contribution is 6.22. The standard InChI is InChI=1S/C62H43N3/c1-62(2)55-37-48(61-64-59(42-23-11-5-12-24-42)63-60(65-61)43-25-13-6-14-26-43)33-34-49(55)52-38-53-54(39-56(52)62)58(47-30-18-28-45(36-47)41-21-9-4-10-22-41)51-32-16-15-31-50(51)57(53)46-29-17-27-44(35-46)40-19-7-3-8-20-40/h3-39H,1-2H3. The first-order chi connectivity index (χ1) is 32.0. The summed E-state index contributed by atoms with van der Waals surface area (Å²) in [6, 6.07) is 80.7. The highest BCUT2D eigenvalue weighted by atomic mass is 15.0. The minimum atomic E-state index is -0.325. The Labute approximate surface area is 379 Å². The van der Waals surface area contributed by atoms with E-state index in [-0.39, 0.29) is 5.41 Å². The second kappa shape index (κ2) is 15.5. The minimum absolute atomic E-state index is 0.325. The number of aromatic nitrogens is 3. The molecule has 11 aromatic rings. The van der Waals surface area contributed by atoms with Gasteiger partial charge >= 0.3 is 0 Å². The second-order valence-corrected chi connectivity index (χ2v) is 17.6. The predicted octanol–water partition coefficient (Wildman–Crippen LogP) is 16.2. The molecular formula is C62H43N3. The van der Waals surface area contributed by atoms with E-state index in [1.54, 1.807) is 0 Å². The molecule has 10 aromatic carbocycles. The Morgan fingerprint density at radius 2 is 0.646 bits per heavy atom. The summed E-state index contributed by atoms with van der Waals surface area (Å²) in [4.78, 5) is 15.2. The van der Waals surface area contributed by atoms with Crippen molar-refractivity contribution in [2.45, 2.75) is 19.3 Å². The first-order valence-electron chi connectivity index (χ1n) is 22.3. The van der Waals surface area contributed by atoms with Crippen LogP contribution in [0.1, 0.15) is 25.0 Å². The summed E-state index contributed by atoms with van der Waals surface area (Å²) in [6.45, 7) is 4.74. The van der Waals surface area contributed by atoms with Crippen LogP contribution >= 0.6 is 0 Å². The van der Waals surface area contributed by atoms with Crippen molar-refractivity contribution >= 4 is 21.5 Å². The van der Waals surface area contributed by atoms with Crippen LogP contribution < -0.4 is 0 Å². The van der Waals surface area contributed by atoms with Crippen molar-refractivity contribution in [2.75, 3.05) is 0 Å². The van der Waals surface area contributed by atoms with Gasteiger partial charge < -0.3 is 0 Å². The van der Waals surface area contributed by atoms with Gasteiger partial charge in [-0.05, 0) is 119 Å². The molecule has 3 nitrogen and oxygen atoms in total. The van der Waals surface area contributed by atoms with E-state index in [4.69, 9.17) is 15.0 Å². The quantitative estimate of drug-likeness (QED) is 0.150. The van der Waals surface area contributed by atoms with Gasteiger partial charge in [0.15, 0.2) is 17.5 Å². The lowest BCUT2D eigenvalue weighted by Crippen LogP contribution is -2.15. The fourth-order valence-electron chi connectivity index (χ4n) is 10.1. The van der Waals surface area contributed by atoms with Crippen LogP contribution in [0.15, 0.2) is 224 Å². The zero-order valence-corrected chi connectivity index (χ0v) is 36.2. The molecule has 0 atom stereocenters. The Hall–Kier alpha value is -8.27. The number of nitrogens with zero attached hydrogens (tertiary/aromatic N) is 3. The van der Waals surface area contributed by atoms with Crippen LogP contribution in [0.5, 0.6) is 0 Å². The topological polar surface area (TPSA) is 38.7 Å². The molecule has 0 aliphatic heterocycles. The van der Waals surface area contributed by atoms with Gasteiger partial charge in [-0.1, -0.05) is 208 Å². The number of hydrogen-bond donors (Lipinski definition) is 0. The molecule has 0 amide bonds. The van der Waals surface area contributed by atoms with Gasteiger partial charge in [-0.3, -0.25) is 0 Å². The lowest BCUT2D eigenvalue weighted by molar-refractivity contribution is 0.661. The Morgan fingerprint density at radius 3 is 1.14 bits per heavy atom. The van der Waals surface area contributed by atoms with Gasteiger partial charge in [0.2, 0.25) is 0 Å². The molecule has 1 aliphatic carbocycles. The van der Waals surface area contributed by atoms with E-state index < -0.39 is 0 Å². The maximum absolute atomic E-state index is 5.12. The molecule has 1 aromatic heterocycles. The van der Waals surface area contributed by atoms with Gasteiger partial charge in [0, 0.05) is 22.1 Å². The number of rotatable bonds is 7. The summed E-state index contributed by atoms with van der Waals surface area (Å²) < 4.78 is 0. The van der Waals surface area contributed by atoms with E-state index in [0.29, 0.717) is 17.5 Å². The normalized spacial score (nSPS) is 12.6. The first-order valence-corrected chi connectivity index (χ1v) is 22.3. The third kappa shape index (κ3) is 6.63. The fraction of sp³-hybridized carbons (Fsp3) is 0.0484. The maximum atomic E-state index is 5.12. The van der Waals surface area contributed by atoms with Crippen LogP contribution in [0.2, 0.25) is 0 Å². The third-order valence-electron chi connectivity index (χ3n) is 13.3. The van der Waals surface area contributed by atoms with Crippen LogP contribution in [0.25, 0.3) is 111 Å². The smallest absolute Gasteiger partial charge is 0.164 e. The molecule has 0 unspecified atom stereocenters. The molecule has 0 radical (unpaired) electrons. The van der Waals surface area contributed by atoms with E-state index in [1.807, 2.05) is 36.4 Å². The Kier molecular flexibility index (Phi) is 9.17. The van der Waals surface area contributed by atoms with E-state index in [2.05, 4.69) is 202 Å². The predicted molar refractivity (Wildman–Crippen MR) is 270 cm³/mol. The Balaban J connectivity index is 1.10. The zero-order valence-electron chi connectivity index (χ0n) is 36.2. The molecule has 0 N–H and O–H groups in total. The summed E-state index contributed by atoms with van der Waals surface area (Å²) in [5.41, 5.74) is 17.3. The van der Waals surface area contributed by atoms with Crippen molar-refractivity contribution < 1.29 is 0 Å². The van der Waals surface area contributed by atoms with Gasteiger partial charge in [0.05, 0.1) is 0 Å². The molecule has 0 spiro atoms. The van der Waals surface area contributed by atoms with Crippen molar-refractivity contribution in [3.8, 4) is 89.8 Å². The minimum Gasteiger partial charge on any atom is -0.208 e. The fourth-order valence-corrected chi connectivity index (χ4v) is 10.1. The highest BCUT2D eigenvalue weighted by Gasteiger charge is 2.37. The SMILES string of the molecule is CC1(C)c2cc(-c3nc(-c4ccccc4)nc(-c4ccccc4)n3)ccc2-c2cc3c(-c4cccc(-c5ccccc5)c4)c4ccccc4c(-c4cccc(-c5ccccc5)c4)c3cc21. The van der Waals surface area contributed by atoms with Crippen molar-refractivity contribution in [3.05, 3.63) is 236 Å². The van der Waals surface area contributed by atoms with Gasteiger partial charge in [0.1, 0.15) is 0 Å². The summed E-state index contributed by atoms with van der Waals surface area (Å²) in [5, 5.41) is 4.94. The van der Waals surface area contributed by atoms with Gasteiger partial charge in [-0.2, -0.15) is 0 Å². The van der Waals surface area contributed by atoms with Gasteiger partial charge in [-0.25, -0.2) is 15.0 Å². The van der Waals surface area contributed by atoms with E-state index in [0.717, 1.165) is 16.7 Å². The van der Waals surface area contributed by atoms with Gasteiger partial charge in [-0.15, -0.1) is 0 Å². The molecule has 0 saturated carbocycles. The summed E-state index contributed by atoms with van der Waals surface area (Å²) >= 11 is 0. The highest BCUT2D eigenvalue weighted by Crippen LogP contribution is 2.54. The van der Waals surface area contributed by atoms with Crippen LogP contribution in [0.4, 0.5) is 0 Å². The monoisotopic (exact) mass is 829 g/mol. The number of hydrogen-bond acceptors (Lipinski definition) is 3. The van der Waals surface area contributed by atoms with E-state index >= 15 is 0 Å². The lowest BCUT2D eigenvalue weighted by atomic mass is 9.79. The average molecular weight is 830 g/mol. The molecule has 1 aliphatic rings. The number of benzene rings is 10. The van der Waals surface area contributed by atoms with Crippen LogP contribution in [-0.2, 0) is 5.41 Å². The van der Waals surface area contributed by atoms with Crippen LogP contribution in [0, 0.1) is 0 Å². The van der Waals surface area contributed by atoms with Crippen molar-refractivity contribution in [1.82, 2.24) is 15.0 Å². The number of fused-ring (bicyclic) bond motifs is 5. The molecule has 3 heteroatoms. The van der Waals surface area contributed by atoms with Crippen molar-refractivity contribution in [1.29, 1.82) is 0 Å². The Morgan fingerprint density at radius 1 is 0.262 bits per heavy atom. The molecule has 0 bridgehead atoms. The third-order valence-corrected chi connectivity index (χ3v) is 13.3. The van der Waals surface area contributed by atoms with Crippen molar-refractivity contribution in [3.63, 3.8) is 0 Å². The van der Waals surface area contributed by atoms with Gasteiger partial charge in [0.25, 0.3) is 0 Å². The summed E-state index contributed by atoms with van der Waals surface area (Å²) in [6.07, 6.45) is 0. The average Bonchev–Trinajstić information content (AvgIpc) is 3.59. The lowest BCUT2D eigenvalue weighted by Gasteiger charge is -2.24. The molecular weight excluding hydrogens is 787 g/mol. The van der Waals surface area contributed by atoms with E-state index in [1.165, 1.54) is 88.3 Å². The Bertz CT molecular complexity index is 3540. The summed E-state index contributed by atoms with van der Waals surface area (Å²) in [5.74, 6) is 1.97. The molecule has 1 heterocycles. The molecule has 12 rings (SSSR count). The summed E-state index contributed by atoms with van der Waals surface area (Å²) in [7, 11) is 0. The zero-order chi connectivity index (χ0) is 43.5. The second-order valence-electron chi connectivity index (χ2n) is 17.6. The largest absolute Gasteiger partial charge is 0.208 e. The molecule has 306 valence electrons. The molecule has 0 fully saturated rings.